The van der Waals surface area contributed by atoms with Crippen LogP contribution in [0.3, 0.4) is 0 Å². The molecule has 9 nitrogen and oxygen atoms in total. The molecule has 2 aliphatic rings. The van der Waals surface area contributed by atoms with E-state index in [1.165, 1.54) is 4.90 Å². The quantitative estimate of drug-likeness (QED) is 0.390. The van der Waals surface area contributed by atoms with E-state index in [2.05, 4.69) is 4.98 Å². The number of benzene rings is 2. The molecule has 0 unspecified atom stereocenters. The zero-order valence-corrected chi connectivity index (χ0v) is 20.1. The number of anilines is 2. The summed E-state index contributed by atoms with van der Waals surface area (Å²) in [7, 11) is 0. The Hall–Kier alpha value is -4.15. The van der Waals surface area contributed by atoms with Gasteiger partial charge in [0.2, 0.25) is 0 Å². The van der Waals surface area contributed by atoms with Crippen molar-refractivity contribution in [2.75, 3.05) is 36.8 Å². The van der Waals surface area contributed by atoms with E-state index in [1.807, 2.05) is 4.90 Å². The number of hydrogen-bond donors (Lipinski definition) is 2. The molecule has 2 aromatic carbocycles. The van der Waals surface area contributed by atoms with Gasteiger partial charge in [0.1, 0.15) is 11.6 Å². The molecule has 2 aromatic heterocycles. The van der Waals surface area contributed by atoms with E-state index in [9.17, 15) is 23.5 Å². The van der Waals surface area contributed by atoms with Gasteiger partial charge in [-0.15, -0.1) is 0 Å². The van der Waals surface area contributed by atoms with Crippen molar-refractivity contribution >= 4 is 39.8 Å². The number of fused-ring (bicyclic) bond motifs is 3. The zero-order chi connectivity index (χ0) is 26.0. The van der Waals surface area contributed by atoms with Gasteiger partial charge < -0.3 is 29.6 Å². The second-order valence-corrected chi connectivity index (χ2v) is 9.68. The molecule has 4 aromatic rings. The number of nitrogens with two attached hydrogens (primary N) is 1. The zero-order valence-electron chi connectivity index (χ0n) is 20.1. The summed E-state index contributed by atoms with van der Waals surface area (Å²) in [6.45, 7) is 3.42. The Labute approximate surface area is 209 Å². The van der Waals surface area contributed by atoms with Crippen LogP contribution in [0.15, 0.2) is 33.5 Å². The van der Waals surface area contributed by atoms with Crippen molar-refractivity contribution in [2.24, 2.45) is 0 Å². The Bertz CT molecular complexity index is 1640. The summed E-state index contributed by atoms with van der Waals surface area (Å²) < 4.78 is 36.9. The van der Waals surface area contributed by atoms with Gasteiger partial charge in [0, 0.05) is 49.2 Å². The minimum absolute atomic E-state index is 0.0104. The number of oxazole rings is 1. The van der Waals surface area contributed by atoms with Crippen molar-refractivity contribution in [3.05, 3.63) is 51.8 Å². The summed E-state index contributed by atoms with van der Waals surface area (Å²) in [4.78, 5) is 32.8. The van der Waals surface area contributed by atoms with Crippen LogP contribution in [0.4, 0.5) is 25.3 Å². The first-order valence-corrected chi connectivity index (χ1v) is 12.2. The molecule has 1 aliphatic heterocycles. The topological polar surface area (TPSA) is 118 Å². The molecule has 2 fully saturated rings. The monoisotopic (exact) mass is 509 g/mol. The molecule has 1 amide bonds. The van der Waals surface area contributed by atoms with Crippen LogP contribution in [0.1, 0.15) is 30.9 Å². The van der Waals surface area contributed by atoms with E-state index < -0.39 is 17.7 Å². The van der Waals surface area contributed by atoms with Gasteiger partial charge in [0.25, 0.3) is 11.6 Å². The van der Waals surface area contributed by atoms with Crippen molar-refractivity contribution in [1.29, 1.82) is 0 Å². The number of nitrogen functional groups attached to an aromatic ring is 1. The summed E-state index contributed by atoms with van der Waals surface area (Å²) in [6.07, 6.45) is 1.29. The number of halogens is 2. The molecule has 3 N–H and O–H groups in total. The molecule has 1 aliphatic carbocycles. The molecule has 6 rings (SSSR count). The van der Waals surface area contributed by atoms with Crippen LogP contribution in [0.2, 0.25) is 0 Å². The van der Waals surface area contributed by atoms with Crippen LogP contribution in [0.5, 0.6) is 0 Å². The van der Waals surface area contributed by atoms with Gasteiger partial charge in [-0.1, -0.05) is 6.07 Å². The lowest BCUT2D eigenvalue weighted by atomic mass is 9.96. The maximum atomic E-state index is 14.8. The van der Waals surface area contributed by atoms with Crippen LogP contribution in [0.25, 0.3) is 33.1 Å². The molecule has 11 heteroatoms. The maximum Gasteiger partial charge on any atom is 0.407 e. The summed E-state index contributed by atoms with van der Waals surface area (Å²) in [6, 6.07) is 5.72. The van der Waals surface area contributed by atoms with Gasteiger partial charge in [-0.25, -0.2) is 13.6 Å². The Morgan fingerprint density at radius 1 is 1.11 bits per heavy atom. The lowest BCUT2D eigenvalue weighted by molar-refractivity contribution is 0.148. The number of carbonyl (C=O) groups is 1. The predicted molar refractivity (Wildman–Crippen MR) is 135 cm³/mol. The summed E-state index contributed by atoms with van der Waals surface area (Å²) >= 11 is 0. The first-order valence-electron chi connectivity index (χ1n) is 12.2. The number of carboxylic acid groups (broad SMARTS) is 1. The first-order chi connectivity index (χ1) is 17.7. The number of hydrogen-bond acceptors (Lipinski definition) is 6. The summed E-state index contributed by atoms with van der Waals surface area (Å²) in [5.41, 5.74) is 7.22. The number of amides is 1. The van der Waals surface area contributed by atoms with E-state index in [-0.39, 0.29) is 34.4 Å². The van der Waals surface area contributed by atoms with Gasteiger partial charge >= 0.3 is 6.09 Å². The number of aromatic nitrogens is 2. The fourth-order valence-corrected chi connectivity index (χ4v) is 5.22. The molecule has 0 bridgehead atoms. The van der Waals surface area contributed by atoms with Crippen LogP contribution >= 0.6 is 0 Å². The third-order valence-corrected chi connectivity index (χ3v) is 7.28. The minimum Gasteiger partial charge on any atom is -0.465 e. The largest absolute Gasteiger partial charge is 0.465 e. The van der Waals surface area contributed by atoms with Crippen LogP contribution in [-0.4, -0.2) is 51.8 Å². The molecule has 3 heterocycles. The molecule has 0 spiro atoms. The van der Waals surface area contributed by atoms with E-state index in [0.29, 0.717) is 60.2 Å². The number of pyridine rings is 1. The third-order valence-electron chi connectivity index (χ3n) is 7.28. The van der Waals surface area contributed by atoms with Crippen LogP contribution < -0.4 is 16.2 Å². The van der Waals surface area contributed by atoms with Crippen molar-refractivity contribution in [3.63, 3.8) is 0 Å². The summed E-state index contributed by atoms with van der Waals surface area (Å²) in [5.74, 6) is -1.37. The first kappa shape index (κ1) is 23.3. The Balaban J connectivity index is 1.54. The van der Waals surface area contributed by atoms with Crippen LogP contribution in [0, 0.1) is 18.6 Å². The average Bonchev–Trinajstić information content (AvgIpc) is 3.64. The second kappa shape index (κ2) is 8.46. The van der Waals surface area contributed by atoms with E-state index in [0.717, 1.165) is 25.0 Å². The average molecular weight is 510 g/mol. The van der Waals surface area contributed by atoms with Crippen molar-refractivity contribution < 1.29 is 23.1 Å². The lowest BCUT2D eigenvalue weighted by Crippen LogP contribution is -2.34. The van der Waals surface area contributed by atoms with Gasteiger partial charge in [0.05, 0.1) is 11.2 Å². The Morgan fingerprint density at radius 2 is 1.89 bits per heavy atom. The molecule has 0 atom stereocenters. The fraction of sp³-hybridized carbons (Fsp3) is 0.346. The third kappa shape index (κ3) is 3.76. The van der Waals surface area contributed by atoms with Gasteiger partial charge in [0.15, 0.2) is 11.1 Å². The number of nitrogens with zero attached hydrogens (tertiary/aromatic N) is 4. The minimum atomic E-state index is -0.971. The lowest BCUT2D eigenvalue weighted by Gasteiger charge is -2.18. The highest BCUT2D eigenvalue weighted by Gasteiger charge is 2.31. The van der Waals surface area contributed by atoms with Crippen molar-refractivity contribution in [2.45, 2.75) is 32.2 Å². The normalized spacial score (nSPS) is 16.5. The number of rotatable bonds is 3. The Morgan fingerprint density at radius 3 is 2.62 bits per heavy atom. The van der Waals surface area contributed by atoms with Gasteiger partial charge in [-0.2, -0.15) is 4.98 Å². The second-order valence-electron chi connectivity index (χ2n) is 9.68. The summed E-state index contributed by atoms with van der Waals surface area (Å²) in [5, 5.41) is 9.98. The van der Waals surface area contributed by atoms with Gasteiger partial charge in [-0.3, -0.25) is 4.79 Å². The molecule has 0 radical (unpaired) electrons. The highest BCUT2D eigenvalue weighted by molar-refractivity contribution is 6.04. The standard InChI is InChI=1S/C26H25F2N5O4/c1-13-15(17-11-19(28)20(29)12-18(17)27)5-6-16-22(13)33(14-3-4-14)24(34)21-23(16)37-25(30-21)31-7-2-8-32(10-9-31)26(35)36/h5-6,11-12,14H,2-4,7-10,29H2,1H3,(H,35,36). The van der Waals surface area contributed by atoms with Crippen LogP contribution in [-0.2, 0) is 0 Å². The SMILES string of the molecule is Cc1c(-c2cc(F)c(N)cc2F)ccc2c3oc(N4CCCN(C(=O)O)CC4)nc3c(=O)n(C3CC3)c12. The molecule has 1 saturated carbocycles. The fourth-order valence-electron chi connectivity index (χ4n) is 5.22. The molecular weight excluding hydrogens is 484 g/mol. The van der Waals surface area contributed by atoms with E-state index >= 15 is 0 Å². The maximum absolute atomic E-state index is 14.8. The molecule has 1 saturated heterocycles. The smallest absolute Gasteiger partial charge is 0.407 e. The predicted octanol–water partition coefficient (Wildman–Crippen LogP) is 4.50. The molecule has 192 valence electrons. The molecule has 37 heavy (non-hydrogen) atoms. The van der Waals surface area contributed by atoms with Gasteiger partial charge in [-0.05, 0) is 49.4 Å². The van der Waals surface area contributed by atoms with E-state index in [4.69, 9.17) is 10.2 Å². The highest BCUT2D eigenvalue weighted by atomic mass is 19.1. The Kier molecular flexibility index (Phi) is 5.32. The van der Waals surface area contributed by atoms with E-state index in [1.54, 1.807) is 23.6 Å². The van der Waals surface area contributed by atoms with Crippen molar-refractivity contribution in [1.82, 2.24) is 14.5 Å². The number of aryl methyl sites for hydroxylation is 1. The van der Waals surface area contributed by atoms with Crippen molar-refractivity contribution in [3.8, 4) is 11.1 Å². The molecular formula is C26H25F2N5O4. The highest BCUT2D eigenvalue weighted by Crippen LogP contribution is 2.41.